The first-order chi connectivity index (χ1) is 13.2. The maximum absolute atomic E-state index is 11.9. The highest BCUT2D eigenvalue weighted by Crippen LogP contribution is 2.19. The Kier molecular flexibility index (Phi) is 4.37. The molecule has 0 spiro atoms. The monoisotopic (exact) mass is 365 g/mol. The number of nitrogens with zero attached hydrogens (tertiary/aromatic N) is 3. The maximum Gasteiger partial charge on any atom is 0.338 e. The van der Waals surface area contributed by atoms with Crippen molar-refractivity contribution < 1.29 is 14.3 Å². The molecule has 2 aromatic carbocycles. The minimum atomic E-state index is -0.356. The van der Waals surface area contributed by atoms with Crippen LogP contribution in [0.25, 0.3) is 16.8 Å². The minimum absolute atomic E-state index is 0.339. The molecule has 0 aliphatic carbocycles. The van der Waals surface area contributed by atoms with Gasteiger partial charge in [0.25, 0.3) is 5.78 Å². The molecule has 0 saturated carbocycles. The Morgan fingerprint density at radius 2 is 2.00 bits per heavy atom. The molecule has 2 heterocycles. The second-order valence-electron chi connectivity index (χ2n) is 5.95. The van der Waals surface area contributed by atoms with Gasteiger partial charge in [0.15, 0.2) is 0 Å². The molecule has 8 heteroatoms. The average molecular weight is 365 g/mol. The maximum atomic E-state index is 11.9. The summed E-state index contributed by atoms with van der Waals surface area (Å²) in [6, 6.07) is 13.1. The van der Waals surface area contributed by atoms with Gasteiger partial charge in [-0.05, 0) is 42.8 Å². The summed E-state index contributed by atoms with van der Waals surface area (Å²) in [5.74, 6) is 1.61. The Balaban J connectivity index is 1.54. The van der Waals surface area contributed by atoms with Gasteiger partial charge >= 0.3 is 5.97 Å². The van der Waals surface area contributed by atoms with E-state index in [0.717, 1.165) is 16.8 Å². The van der Waals surface area contributed by atoms with E-state index in [2.05, 4.69) is 20.4 Å². The van der Waals surface area contributed by atoms with E-state index in [9.17, 15) is 4.79 Å². The molecule has 0 fully saturated rings. The normalized spacial score (nSPS) is 11.0. The number of H-pyrrole nitrogens is 1. The van der Waals surface area contributed by atoms with Crippen molar-refractivity contribution in [2.75, 3.05) is 19.0 Å². The molecule has 8 nitrogen and oxygen atoms in total. The minimum Gasteiger partial charge on any atom is -0.497 e. The van der Waals surface area contributed by atoms with Gasteiger partial charge in [-0.15, -0.1) is 0 Å². The molecule has 0 radical (unpaired) electrons. The Labute approximate surface area is 155 Å². The number of aromatic nitrogens is 4. The molecule has 4 aromatic rings. The zero-order valence-electron chi connectivity index (χ0n) is 15.0. The van der Waals surface area contributed by atoms with Gasteiger partial charge in [0, 0.05) is 6.54 Å². The SMILES string of the molecule is CCOC(=O)c1ccc2c(c1)nc1nc(NCc3ccc(OC)cc3)[nH]n12. The van der Waals surface area contributed by atoms with Gasteiger partial charge in [-0.3, -0.25) is 5.10 Å². The van der Waals surface area contributed by atoms with Gasteiger partial charge in [-0.1, -0.05) is 12.1 Å². The number of carbonyl (C=O) groups is 1. The van der Waals surface area contributed by atoms with Crippen LogP contribution in [0.4, 0.5) is 5.95 Å². The summed E-state index contributed by atoms with van der Waals surface area (Å²) in [5, 5.41) is 6.42. The second kappa shape index (κ2) is 6.99. The van der Waals surface area contributed by atoms with Crippen molar-refractivity contribution in [3.63, 3.8) is 0 Å². The van der Waals surface area contributed by atoms with Crippen LogP contribution >= 0.6 is 0 Å². The van der Waals surface area contributed by atoms with Crippen molar-refractivity contribution >= 4 is 28.7 Å². The van der Waals surface area contributed by atoms with Crippen LogP contribution in [0.15, 0.2) is 42.5 Å². The van der Waals surface area contributed by atoms with Crippen molar-refractivity contribution in [2.45, 2.75) is 13.5 Å². The number of ether oxygens (including phenoxy) is 2. The molecule has 138 valence electrons. The van der Waals surface area contributed by atoms with Gasteiger partial charge in [0.1, 0.15) is 5.75 Å². The standard InChI is InChI=1S/C19H19N5O3/c1-3-27-17(25)13-6-9-16-15(10-13)21-19-22-18(23-24(16)19)20-11-12-4-7-14(26-2)8-5-12/h4-10H,3,11H2,1-2H3,(H2,20,21,22,23). The van der Waals surface area contributed by atoms with Crippen molar-refractivity contribution in [1.29, 1.82) is 0 Å². The number of imidazole rings is 1. The fraction of sp³-hybridized carbons (Fsp3) is 0.211. The van der Waals surface area contributed by atoms with Crippen molar-refractivity contribution in [3.8, 4) is 5.75 Å². The lowest BCUT2D eigenvalue weighted by Gasteiger charge is -2.04. The largest absolute Gasteiger partial charge is 0.497 e. The van der Waals surface area contributed by atoms with Crippen LogP contribution in [-0.4, -0.2) is 39.3 Å². The Morgan fingerprint density at radius 1 is 1.19 bits per heavy atom. The average Bonchev–Trinajstić information content (AvgIpc) is 3.23. The number of hydrogen-bond acceptors (Lipinski definition) is 6. The number of hydrogen-bond donors (Lipinski definition) is 2. The summed E-state index contributed by atoms with van der Waals surface area (Å²) in [5.41, 5.74) is 3.10. The number of rotatable bonds is 6. The van der Waals surface area contributed by atoms with Crippen LogP contribution in [-0.2, 0) is 11.3 Å². The van der Waals surface area contributed by atoms with Crippen molar-refractivity contribution in [3.05, 3.63) is 53.6 Å². The van der Waals surface area contributed by atoms with E-state index in [0.29, 0.717) is 36.0 Å². The number of aromatic amines is 1. The molecule has 0 aliphatic rings. The highest BCUT2D eigenvalue weighted by Gasteiger charge is 2.13. The Hall–Kier alpha value is -3.55. The summed E-state index contributed by atoms with van der Waals surface area (Å²) in [6.07, 6.45) is 0. The molecule has 0 atom stereocenters. The van der Waals surface area contributed by atoms with E-state index in [1.807, 2.05) is 30.3 Å². The fourth-order valence-electron chi connectivity index (χ4n) is 2.83. The summed E-state index contributed by atoms with van der Waals surface area (Å²) >= 11 is 0. The van der Waals surface area contributed by atoms with Crippen molar-refractivity contribution in [2.24, 2.45) is 0 Å². The van der Waals surface area contributed by atoms with Crippen molar-refractivity contribution in [1.82, 2.24) is 19.6 Å². The predicted octanol–water partition coefficient (Wildman–Crippen LogP) is 3.01. The van der Waals surface area contributed by atoms with Crippen LogP contribution in [0.2, 0.25) is 0 Å². The van der Waals surface area contributed by atoms with E-state index >= 15 is 0 Å². The van der Waals surface area contributed by atoms with Gasteiger partial charge in [0.05, 0.1) is 30.3 Å². The van der Waals surface area contributed by atoms with Crippen LogP contribution in [0, 0.1) is 0 Å². The lowest BCUT2D eigenvalue weighted by Crippen LogP contribution is -2.04. The van der Waals surface area contributed by atoms with Gasteiger partial charge in [-0.2, -0.15) is 4.98 Å². The molecule has 0 aliphatic heterocycles. The topological polar surface area (TPSA) is 93.5 Å². The fourth-order valence-corrected chi connectivity index (χ4v) is 2.83. The summed E-state index contributed by atoms with van der Waals surface area (Å²) in [7, 11) is 1.64. The van der Waals surface area contributed by atoms with Crippen LogP contribution in [0.1, 0.15) is 22.8 Å². The summed E-state index contributed by atoms with van der Waals surface area (Å²) in [4.78, 5) is 20.8. The van der Waals surface area contributed by atoms with Crippen LogP contribution in [0.3, 0.4) is 0 Å². The molecular weight excluding hydrogens is 346 g/mol. The number of carbonyl (C=O) groups excluding carboxylic acids is 1. The Bertz CT molecular complexity index is 1100. The van der Waals surface area contributed by atoms with Crippen LogP contribution < -0.4 is 10.1 Å². The highest BCUT2D eigenvalue weighted by atomic mass is 16.5. The van der Waals surface area contributed by atoms with E-state index in [1.54, 1.807) is 30.7 Å². The molecule has 2 N–H and O–H groups in total. The Morgan fingerprint density at radius 3 is 2.74 bits per heavy atom. The molecule has 0 saturated heterocycles. The molecule has 0 bridgehead atoms. The van der Waals surface area contributed by atoms with E-state index < -0.39 is 0 Å². The molecule has 0 amide bonds. The predicted molar refractivity (Wildman–Crippen MR) is 101 cm³/mol. The second-order valence-corrected chi connectivity index (χ2v) is 5.95. The summed E-state index contributed by atoms with van der Waals surface area (Å²) < 4.78 is 12.0. The first-order valence-corrected chi connectivity index (χ1v) is 8.60. The van der Waals surface area contributed by atoms with Gasteiger partial charge in [-0.25, -0.2) is 14.3 Å². The molecule has 4 rings (SSSR count). The highest BCUT2D eigenvalue weighted by molar-refractivity contribution is 5.94. The number of nitrogens with one attached hydrogen (secondary N) is 2. The molecular formula is C19H19N5O3. The molecule has 0 unspecified atom stereocenters. The zero-order valence-corrected chi connectivity index (χ0v) is 15.0. The number of anilines is 1. The van der Waals surface area contributed by atoms with Gasteiger partial charge in [0.2, 0.25) is 5.95 Å². The first-order valence-electron chi connectivity index (χ1n) is 8.60. The van der Waals surface area contributed by atoms with E-state index in [-0.39, 0.29) is 5.97 Å². The lowest BCUT2D eigenvalue weighted by molar-refractivity contribution is 0.0526. The number of fused-ring (bicyclic) bond motifs is 3. The lowest BCUT2D eigenvalue weighted by atomic mass is 10.2. The smallest absolute Gasteiger partial charge is 0.338 e. The zero-order chi connectivity index (χ0) is 18.8. The molecule has 27 heavy (non-hydrogen) atoms. The third-order valence-corrected chi connectivity index (χ3v) is 4.20. The quantitative estimate of drug-likeness (QED) is 0.510. The number of methoxy groups -OCH3 is 1. The summed E-state index contributed by atoms with van der Waals surface area (Å²) in [6.45, 7) is 2.73. The third-order valence-electron chi connectivity index (χ3n) is 4.20. The third kappa shape index (κ3) is 3.29. The molecule has 2 aromatic heterocycles. The van der Waals surface area contributed by atoms with E-state index in [4.69, 9.17) is 9.47 Å². The number of benzene rings is 2. The first kappa shape index (κ1) is 16.9. The van der Waals surface area contributed by atoms with E-state index in [1.165, 1.54) is 0 Å². The van der Waals surface area contributed by atoms with Crippen LogP contribution in [0.5, 0.6) is 5.75 Å². The van der Waals surface area contributed by atoms with Gasteiger partial charge < -0.3 is 14.8 Å². The number of esters is 1.